The summed E-state index contributed by atoms with van der Waals surface area (Å²) in [5.74, 6) is 0. The molecule has 0 bridgehead atoms. The molecule has 1 aromatic heterocycles. The fraction of sp³-hybridized carbons (Fsp3) is 0.556. The highest BCUT2D eigenvalue weighted by molar-refractivity contribution is 7.89. The van der Waals surface area contributed by atoms with Gasteiger partial charge in [0.1, 0.15) is 0 Å². The van der Waals surface area contributed by atoms with Gasteiger partial charge in [-0.25, -0.2) is 8.42 Å². The van der Waals surface area contributed by atoms with Gasteiger partial charge in [-0.1, -0.05) is 0 Å². The average Bonchev–Trinajstić information content (AvgIpc) is 2.89. The van der Waals surface area contributed by atoms with Crippen LogP contribution in [0.1, 0.15) is 12.8 Å². The minimum Gasteiger partial charge on any atom is -0.395 e. The van der Waals surface area contributed by atoms with Crippen molar-refractivity contribution in [3.8, 4) is 0 Å². The summed E-state index contributed by atoms with van der Waals surface area (Å²) in [5, 5.41) is 9.08. The van der Waals surface area contributed by atoms with Crippen LogP contribution in [0.15, 0.2) is 23.4 Å². The van der Waals surface area contributed by atoms with Gasteiger partial charge < -0.3 is 10.1 Å². The van der Waals surface area contributed by atoms with Gasteiger partial charge in [0.05, 0.1) is 11.5 Å². The standard InChI is InChI=1S/C9H14N2O3S/c12-7-8-2-1-5-11(8)15(13,14)9-3-4-10-6-9/h3-4,6,8,10,12H,1-2,5,7H2/t8-/m0/s1. The molecule has 1 aliphatic heterocycles. The minimum absolute atomic E-state index is 0.107. The van der Waals surface area contributed by atoms with Crippen LogP contribution in [0.25, 0.3) is 0 Å². The second-order valence-electron chi connectivity index (χ2n) is 3.64. The molecule has 1 aliphatic rings. The molecular weight excluding hydrogens is 216 g/mol. The van der Waals surface area contributed by atoms with E-state index in [9.17, 15) is 8.42 Å². The number of sulfonamides is 1. The van der Waals surface area contributed by atoms with Gasteiger partial charge >= 0.3 is 0 Å². The van der Waals surface area contributed by atoms with Gasteiger partial charge in [-0.2, -0.15) is 4.31 Å². The Kier molecular flexibility index (Phi) is 2.81. The highest BCUT2D eigenvalue weighted by atomic mass is 32.2. The number of nitrogens with one attached hydrogen (secondary N) is 1. The maximum Gasteiger partial charge on any atom is 0.244 e. The number of aromatic amines is 1. The number of nitrogens with zero attached hydrogens (tertiary/aromatic N) is 1. The molecule has 2 rings (SSSR count). The number of H-pyrrole nitrogens is 1. The molecule has 0 aliphatic carbocycles. The molecule has 1 atom stereocenters. The van der Waals surface area contributed by atoms with Crippen LogP contribution < -0.4 is 0 Å². The molecule has 1 aromatic rings. The van der Waals surface area contributed by atoms with Crippen molar-refractivity contribution in [2.24, 2.45) is 0 Å². The summed E-state index contributed by atoms with van der Waals surface area (Å²) >= 11 is 0. The lowest BCUT2D eigenvalue weighted by molar-refractivity contribution is 0.213. The second kappa shape index (κ2) is 3.96. The van der Waals surface area contributed by atoms with Gasteiger partial charge in [0, 0.05) is 25.0 Å². The SMILES string of the molecule is O=S(=O)(c1cc[nH]c1)N1CCC[C@H]1CO. The largest absolute Gasteiger partial charge is 0.395 e. The van der Waals surface area contributed by atoms with E-state index >= 15 is 0 Å². The monoisotopic (exact) mass is 230 g/mol. The predicted octanol–water partition coefficient (Wildman–Crippen LogP) is 0.160. The normalized spacial score (nSPS) is 23.4. The third-order valence-electron chi connectivity index (χ3n) is 2.71. The van der Waals surface area contributed by atoms with Crippen molar-refractivity contribution in [3.05, 3.63) is 18.5 Å². The van der Waals surface area contributed by atoms with Crippen molar-refractivity contribution in [2.75, 3.05) is 13.2 Å². The number of aromatic nitrogens is 1. The van der Waals surface area contributed by atoms with E-state index in [1.165, 1.54) is 16.6 Å². The molecule has 1 saturated heterocycles. The Morgan fingerprint density at radius 2 is 2.40 bits per heavy atom. The molecule has 2 heterocycles. The number of hydrogen-bond donors (Lipinski definition) is 2. The smallest absolute Gasteiger partial charge is 0.244 e. The van der Waals surface area contributed by atoms with Crippen molar-refractivity contribution in [1.82, 2.24) is 9.29 Å². The van der Waals surface area contributed by atoms with Crippen LogP contribution in [0.3, 0.4) is 0 Å². The van der Waals surface area contributed by atoms with Crippen LogP contribution in [0.4, 0.5) is 0 Å². The van der Waals surface area contributed by atoms with E-state index in [-0.39, 0.29) is 17.5 Å². The first-order chi connectivity index (χ1) is 7.16. The Hall–Kier alpha value is -0.850. The number of aliphatic hydroxyl groups excluding tert-OH is 1. The molecule has 5 nitrogen and oxygen atoms in total. The van der Waals surface area contributed by atoms with E-state index in [1.807, 2.05) is 0 Å². The fourth-order valence-electron chi connectivity index (χ4n) is 1.91. The van der Waals surface area contributed by atoms with Crippen LogP contribution >= 0.6 is 0 Å². The lowest BCUT2D eigenvalue weighted by atomic mass is 10.2. The van der Waals surface area contributed by atoms with Gasteiger partial charge in [-0.05, 0) is 18.9 Å². The van der Waals surface area contributed by atoms with E-state index < -0.39 is 10.0 Å². The second-order valence-corrected chi connectivity index (χ2v) is 5.53. The first kappa shape index (κ1) is 10.7. The number of rotatable bonds is 3. The summed E-state index contributed by atoms with van der Waals surface area (Å²) in [5.41, 5.74) is 0. The molecule has 15 heavy (non-hydrogen) atoms. The lowest BCUT2D eigenvalue weighted by Gasteiger charge is -2.21. The van der Waals surface area contributed by atoms with E-state index in [4.69, 9.17) is 5.11 Å². The lowest BCUT2D eigenvalue weighted by Crippen LogP contribution is -2.37. The molecule has 0 radical (unpaired) electrons. The van der Waals surface area contributed by atoms with Crippen molar-refractivity contribution in [3.63, 3.8) is 0 Å². The molecule has 0 saturated carbocycles. The van der Waals surface area contributed by atoms with E-state index in [0.29, 0.717) is 6.54 Å². The van der Waals surface area contributed by atoms with Crippen LogP contribution in [0.5, 0.6) is 0 Å². The summed E-state index contributed by atoms with van der Waals surface area (Å²) in [7, 11) is -3.41. The van der Waals surface area contributed by atoms with Crippen molar-refractivity contribution >= 4 is 10.0 Å². The van der Waals surface area contributed by atoms with Crippen molar-refractivity contribution < 1.29 is 13.5 Å². The summed E-state index contributed by atoms with van der Waals surface area (Å²) < 4.78 is 25.5. The quantitative estimate of drug-likeness (QED) is 0.777. The van der Waals surface area contributed by atoms with Crippen LogP contribution in [-0.2, 0) is 10.0 Å². The number of aliphatic hydroxyl groups is 1. The maximum absolute atomic E-state index is 12.1. The molecule has 0 spiro atoms. The van der Waals surface area contributed by atoms with Gasteiger partial charge in [0.25, 0.3) is 0 Å². The van der Waals surface area contributed by atoms with Gasteiger partial charge in [-0.3, -0.25) is 0 Å². The third kappa shape index (κ3) is 1.80. The topological polar surface area (TPSA) is 73.4 Å². The molecule has 84 valence electrons. The van der Waals surface area contributed by atoms with Gasteiger partial charge in [0.2, 0.25) is 10.0 Å². The van der Waals surface area contributed by atoms with Gasteiger partial charge in [-0.15, -0.1) is 0 Å². The first-order valence-corrected chi connectivity index (χ1v) is 6.36. The summed E-state index contributed by atoms with van der Waals surface area (Å²) in [6.07, 6.45) is 4.59. The summed E-state index contributed by atoms with van der Waals surface area (Å²) in [6.45, 7) is 0.391. The molecular formula is C9H14N2O3S. The molecule has 1 fully saturated rings. The zero-order valence-corrected chi connectivity index (χ0v) is 9.07. The number of hydrogen-bond acceptors (Lipinski definition) is 3. The van der Waals surface area contributed by atoms with Crippen molar-refractivity contribution in [2.45, 2.75) is 23.8 Å². The molecule has 0 aromatic carbocycles. The Balaban J connectivity index is 2.30. The van der Waals surface area contributed by atoms with E-state index in [0.717, 1.165) is 12.8 Å². The first-order valence-electron chi connectivity index (χ1n) is 4.92. The fourth-order valence-corrected chi connectivity index (χ4v) is 3.57. The molecule has 2 N–H and O–H groups in total. The zero-order chi connectivity index (χ0) is 10.9. The highest BCUT2D eigenvalue weighted by Gasteiger charge is 2.34. The van der Waals surface area contributed by atoms with E-state index in [2.05, 4.69) is 4.98 Å². The Morgan fingerprint density at radius 3 is 3.00 bits per heavy atom. The third-order valence-corrected chi connectivity index (χ3v) is 4.66. The van der Waals surface area contributed by atoms with Crippen LogP contribution in [0.2, 0.25) is 0 Å². The van der Waals surface area contributed by atoms with E-state index in [1.54, 1.807) is 6.20 Å². The highest BCUT2D eigenvalue weighted by Crippen LogP contribution is 2.25. The molecule has 0 unspecified atom stereocenters. The van der Waals surface area contributed by atoms with Crippen molar-refractivity contribution in [1.29, 1.82) is 0 Å². The Morgan fingerprint density at radius 1 is 1.60 bits per heavy atom. The Labute approximate surface area is 88.8 Å². The average molecular weight is 230 g/mol. The molecule has 6 heteroatoms. The van der Waals surface area contributed by atoms with Crippen LogP contribution in [0, 0.1) is 0 Å². The Bertz CT molecular complexity index is 413. The zero-order valence-electron chi connectivity index (χ0n) is 8.26. The minimum atomic E-state index is -3.41. The maximum atomic E-state index is 12.1. The predicted molar refractivity (Wildman–Crippen MR) is 54.8 cm³/mol. The van der Waals surface area contributed by atoms with Gasteiger partial charge in [0.15, 0.2) is 0 Å². The summed E-state index contributed by atoms with van der Waals surface area (Å²) in [4.78, 5) is 2.99. The summed E-state index contributed by atoms with van der Waals surface area (Å²) in [6, 6.07) is 1.27. The van der Waals surface area contributed by atoms with Crippen LogP contribution in [-0.4, -0.2) is 42.0 Å². The molecule has 0 amide bonds.